The van der Waals surface area contributed by atoms with Crippen LogP contribution in [-0.2, 0) is 13.5 Å². The molecular formula is C13H18N4. The maximum atomic E-state index is 4.64. The Morgan fingerprint density at radius 1 is 1.41 bits per heavy atom. The van der Waals surface area contributed by atoms with Crippen LogP contribution in [0, 0.1) is 5.92 Å². The molecule has 0 aromatic carbocycles. The molecule has 1 saturated heterocycles. The topological polar surface area (TPSA) is 42.7 Å². The maximum absolute atomic E-state index is 4.64. The molecule has 3 heterocycles. The lowest BCUT2D eigenvalue weighted by Crippen LogP contribution is -2.29. The van der Waals surface area contributed by atoms with E-state index in [1.807, 2.05) is 12.3 Å². The minimum atomic E-state index is 0.770. The van der Waals surface area contributed by atoms with Crippen LogP contribution >= 0.6 is 0 Å². The van der Waals surface area contributed by atoms with Crippen LogP contribution in [0.2, 0.25) is 0 Å². The molecule has 90 valence electrons. The third kappa shape index (κ3) is 2.05. The maximum Gasteiger partial charge on any atom is 0.177 e. The van der Waals surface area contributed by atoms with E-state index in [4.69, 9.17) is 0 Å². The third-order valence-electron chi connectivity index (χ3n) is 3.68. The highest BCUT2D eigenvalue weighted by atomic mass is 15.1. The Morgan fingerprint density at radius 3 is 3.00 bits per heavy atom. The van der Waals surface area contributed by atoms with Crippen molar-refractivity contribution in [3.63, 3.8) is 0 Å². The zero-order valence-corrected chi connectivity index (χ0v) is 10.2. The van der Waals surface area contributed by atoms with Gasteiger partial charge in [0.25, 0.3) is 0 Å². The molecule has 0 spiro atoms. The number of aromatic nitrogens is 3. The minimum absolute atomic E-state index is 0.770. The van der Waals surface area contributed by atoms with Crippen LogP contribution in [0.4, 0.5) is 0 Å². The van der Waals surface area contributed by atoms with Gasteiger partial charge in [-0.1, -0.05) is 0 Å². The van der Waals surface area contributed by atoms with E-state index in [9.17, 15) is 0 Å². The van der Waals surface area contributed by atoms with E-state index in [0.29, 0.717) is 0 Å². The van der Waals surface area contributed by atoms with Crippen LogP contribution in [0.1, 0.15) is 18.7 Å². The molecule has 1 aliphatic rings. The van der Waals surface area contributed by atoms with E-state index in [0.717, 1.165) is 36.6 Å². The van der Waals surface area contributed by atoms with Gasteiger partial charge >= 0.3 is 0 Å². The predicted octanol–water partition coefficient (Wildman–Crippen LogP) is 1.51. The van der Waals surface area contributed by atoms with Gasteiger partial charge in [0.05, 0.1) is 5.52 Å². The first kappa shape index (κ1) is 10.7. The SMILES string of the molecule is Cn1c(CC2CCNCC2)nc2ncccc21. The second-order valence-electron chi connectivity index (χ2n) is 4.83. The number of hydrogen-bond donors (Lipinski definition) is 1. The monoisotopic (exact) mass is 230 g/mol. The van der Waals surface area contributed by atoms with Crippen LogP contribution < -0.4 is 5.32 Å². The summed E-state index contributed by atoms with van der Waals surface area (Å²) >= 11 is 0. The average molecular weight is 230 g/mol. The van der Waals surface area contributed by atoms with Gasteiger partial charge in [-0.3, -0.25) is 0 Å². The lowest BCUT2D eigenvalue weighted by molar-refractivity contribution is 0.365. The minimum Gasteiger partial charge on any atom is -0.330 e. The van der Waals surface area contributed by atoms with Crippen molar-refractivity contribution < 1.29 is 0 Å². The van der Waals surface area contributed by atoms with Gasteiger partial charge in [-0.15, -0.1) is 0 Å². The smallest absolute Gasteiger partial charge is 0.177 e. The molecule has 0 saturated carbocycles. The van der Waals surface area contributed by atoms with Crippen LogP contribution in [0.3, 0.4) is 0 Å². The Labute approximate surface area is 101 Å². The predicted molar refractivity (Wildman–Crippen MR) is 67.8 cm³/mol. The normalized spacial score (nSPS) is 17.7. The lowest BCUT2D eigenvalue weighted by Gasteiger charge is -2.22. The molecule has 0 unspecified atom stereocenters. The van der Waals surface area contributed by atoms with Crippen molar-refractivity contribution in [2.24, 2.45) is 13.0 Å². The Morgan fingerprint density at radius 2 is 2.24 bits per heavy atom. The van der Waals surface area contributed by atoms with E-state index in [1.165, 1.54) is 18.7 Å². The highest BCUT2D eigenvalue weighted by Gasteiger charge is 2.17. The number of aryl methyl sites for hydroxylation is 1. The van der Waals surface area contributed by atoms with Gasteiger partial charge in [0, 0.05) is 19.7 Å². The van der Waals surface area contributed by atoms with Crippen LogP contribution in [-0.4, -0.2) is 27.6 Å². The molecule has 1 N–H and O–H groups in total. The summed E-state index contributed by atoms with van der Waals surface area (Å²) in [6, 6.07) is 4.06. The van der Waals surface area contributed by atoms with E-state index in [1.54, 1.807) is 0 Å². The van der Waals surface area contributed by atoms with Crippen LogP contribution in [0.5, 0.6) is 0 Å². The number of nitrogens with zero attached hydrogens (tertiary/aromatic N) is 3. The molecule has 0 amide bonds. The quantitative estimate of drug-likeness (QED) is 0.850. The summed E-state index contributed by atoms with van der Waals surface area (Å²) in [4.78, 5) is 8.95. The molecule has 0 atom stereocenters. The number of pyridine rings is 1. The van der Waals surface area contributed by atoms with Gasteiger partial charge in [-0.25, -0.2) is 9.97 Å². The number of piperidine rings is 1. The lowest BCUT2D eigenvalue weighted by atomic mass is 9.94. The number of fused-ring (bicyclic) bond motifs is 1. The molecule has 2 aromatic heterocycles. The van der Waals surface area contributed by atoms with Gasteiger partial charge in [-0.05, 0) is 44.0 Å². The summed E-state index contributed by atoms with van der Waals surface area (Å²) in [7, 11) is 2.09. The summed E-state index contributed by atoms with van der Waals surface area (Å²) in [5.41, 5.74) is 2.01. The van der Waals surface area contributed by atoms with Gasteiger partial charge in [0.1, 0.15) is 5.82 Å². The van der Waals surface area contributed by atoms with Crippen molar-refractivity contribution in [1.82, 2.24) is 19.9 Å². The summed E-state index contributed by atoms with van der Waals surface area (Å²) in [5.74, 6) is 1.94. The molecule has 2 aromatic rings. The third-order valence-corrected chi connectivity index (χ3v) is 3.68. The molecular weight excluding hydrogens is 212 g/mol. The number of hydrogen-bond acceptors (Lipinski definition) is 3. The first-order valence-corrected chi connectivity index (χ1v) is 6.31. The van der Waals surface area contributed by atoms with Crippen molar-refractivity contribution in [3.05, 3.63) is 24.2 Å². The molecule has 1 aliphatic heterocycles. The van der Waals surface area contributed by atoms with E-state index < -0.39 is 0 Å². The highest BCUT2D eigenvalue weighted by molar-refractivity contribution is 5.71. The van der Waals surface area contributed by atoms with Crippen molar-refractivity contribution in [3.8, 4) is 0 Å². The van der Waals surface area contributed by atoms with E-state index in [2.05, 4.69) is 33.0 Å². The molecule has 0 aliphatic carbocycles. The standard InChI is InChI=1S/C13H18N4/c1-17-11-3-2-6-15-13(11)16-12(17)9-10-4-7-14-8-5-10/h2-3,6,10,14H,4-5,7-9H2,1H3. The second-order valence-corrected chi connectivity index (χ2v) is 4.83. The number of nitrogens with one attached hydrogen (secondary N) is 1. The fraction of sp³-hybridized carbons (Fsp3) is 0.538. The van der Waals surface area contributed by atoms with Crippen molar-refractivity contribution in [2.75, 3.05) is 13.1 Å². The molecule has 3 rings (SSSR count). The molecule has 4 heteroatoms. The van der Waals surface area contributed by atoms with Crippen LogP contribution in [0.25, 0.3) is 11.2 Å². The molecule has 4 nitrogen and oxygen atoms in total. The van der Waals surface area contributed by atoms with Crippen molar-refractivity contribution >= 4 is 11.2 Å². The second kappa shape index (κ2) is 4.45. The molecule has 0 radical (unpaired) electrons. The molecule has 0 bridgehead atoms. The molecule has 1 fully saturated rings. The molecule has 17 heavy (non-hydrogen) atoms. The first-order chi connectivity index (χ1) is 8.34. The van der Waals surface area contributed by atoms with Gasteiger partial charge in [-0.2, -0.15) is 0 Å². The average Bonchev–Trinajstić information content (AvgIpc) is 2.68. The summed E-state index contributed by atoms with van der Waals surface area (Å²) in [5, 5.41) is 3.40. The van der Waals surface area contributed by atoms with Crippen molar-refractivity contribution in [2.45, 2.75) is 19.3 Å². The van der Waals surface area contributed by atoms with Gasteiger partial charge in [0.2, 0.25) is 0 Å². The van der Waals surface area contributed by atoms with E-state index >= 15 is 0 Å². The van der Waals surface area contributed by atoms with E-state index in [-0.39, 0.29) is 0 Å². The zero-order valence-electron chi connectivity index (χ0n) is 10.2. The fourth-order valence-corrected chi connectivity index (χ4v) is 2.60. The Bertz CT molecular complexity index is 511. The summed E-state index contributed by atoms with van der Waals surface area (Å²) in [6.45, 7) is 2.29. The fourth-order valence-electron chi connectivity index (χ4n) is 2.60. The number of imidazole rings is 1. The van der Waals surface area contributed by atoms with Crippen LogP contribution in [0.15, 0.2) is 18.3 Å². The number of rotatable bonds is 2. The summed E-state index contributed by atoms with van der Waals surface area (Å²) in [6.07, 6.45) is 5.41. The Hall–Kier alpha value is -1.42. The Balaban J connectivity index is 1.87. The van der Waals surface area contributed by atoms with Gasteiger partial charge < -0.3 is 9.88 Å². The first-order valence-electron chi connectivity index (χ1n) is 6.31. The largest absolute Gasteiger partial charge is 0.330 e. The highest BCUT2D eigenvalue weighted by Crippen LogP contribution is 2.19. The van der Waals surface area contributed by atoms with Crippen molar-refractivity contribution in [1.29, 1.82) is 0 Å². The summed E-state index contributed by atoms with van der Waals surface area (Å²) < 4.78 is 2.18. The zero-order chi connectivity index (χ0) is 11.7. The van der Waals surface area contributed by atoms with Gasteiger partial charge in [0.15, 0.2) is 5.65 Å². The Kier molecular flexibility index (Phi) is 2.81.